The molecule has 1 aromatic rings. The number of nitrogens with one attached hydrogen (secondary N) is 1. The van der Waals surface area contributed by atoms with E-state index in [0.717, 1.165) is 19.5 Å². The molecule has 0 radical (unpaired) electrons. The van der Waals surface area contributed by atoms with E-state index >= 15 is 0 Å². The molecule has 4 nitrogen and oxygen atoms in total. The highest BCUT2D eigenvalue weighted by atomic mass is 32.1. The van der Waals surface area contributed by atoms with Gasteiger partial charge in [-0.3, -0.25) is 9.69 Å². The van der Waals surface area contributed by atoms with Crippen molar-refractivity contribution in [2.75, 3.05) is 19.6 Å². The summed E-state index contributed by atoms with van der Waals surface area (Å²) in [5, 5.41) is 4.99. The number of thiophene rings is 1. The Morgan fingerprint density at radius 1 is 1.67 bits per heavy atom. The van der Waals surface area contributed by atoms with Crippen molar-refractivity contribution in [1.29, 1.82) is 0 Å². The maximum absolute atomic E-state index is 11.7. The van der Waals surface area contributed by atoms with Gasteiger partial charge in [0.25, 0.3) is 0 Å². The minimum absolute atomic E-state index is 0.101. The van der Waals surface area contributed by atoms with Crippen LogP contribution in [-0.4, -0.2) is 36.5 Å². The van der Waals surface area contributed by atoms with Crippen LogP contribution in [0.25, 0.3) is 0 Å². The van der Waals surface area contributed by atoms with Crippen LogP contribution in [0, 0.1) is 0 Å². The number of hydrogen-bond acceptors (Lipinski definition) is 4. The summed E-state index contributed by atoms with van der Waals surface area (Å²) < 4.78 is 0. The van der Waals surface area contributed by atoms with Crippen LogP contribution in [0.3, 0.4) is 0 Å². The fraction of sp³-hybridized carbons (Fsp3) is 0.615. The fourth-order valence-corrected chi connectivity index (χ4v) is 3.32. The second-order valence-corrected chi connectivity index (χ2v) is 5.64. The van der Waals surface area contributed by atoms with Crippen molar-refractivity contribution in [3.8, 4) is 0 Å². The Balaban J connectivity index is 1.95. The van der Waals surface area contributed by atoms with E-state index in [4.69, 9.17) is 5.73 Å². The largest absolute Gasteiger partial charge is 0.356 e. The first-order valence-corrected chi connectivity index (χ1v) is 7.38. The van der Waals surface area contributed by atoms with E-state index in [1.54, 1.807) is 0 Å². The Morgan fingerprint density at radius 3 is 3.22 bits per heavy atom. The zero-order chi connectivity index (χ0) is 13.0. The lowest BCUT2D eigenvalue weighted by molar-refractivity contribution is -0.122. The molecule has 100 valence electrons. The average molecular weight is 267 g/mol. The zero-order valence-corrected chi connectivity index (χ0v) is 11.6. The predicted molar refractivity (Wildman–Crippen MR) is 74.6 cm³/mol. The molecule has 1 atom stereocenters. The van der Waals surface area contributed by atoms with E-state index in [1.807, 2.05) is 18.3 Å². The summed E-state index contributed by atoms with van der Waals surface area (Å²) in [6.45, 7) is 5.10. The van der Waals surface area contributed by atoms with Crippen molar-refractivity contribution in [2.24, 2.45) is 5.73 Å². The van der Waals surface area contributed by atoms with Crippen molar-refractivity contribution < 1.29 is 4.79 Å². The standard InChI is InChI=1S/C13H21N3OS/c1-2-15-13(17)7-11(8-14)16-5-3-12-10(9-16)4-6-18-12/h4,6,11H,2-3,5,7-9,14H2,1H3,(H,15,17). The van der Waals surface area contributed by atoms with Gasteiger partial charge in [0.05, 0.1) is 0 Å². The van der Waals surface area contributed by atoms with Crippen molar-refractivity contribution in [3.63, 3.8) is 0 Å². The molecule has 0 aliphatic carbocycles. The van der Waals surface area contributed by atoms with Crippen LogP contribution in [0.15, 0.2) is 11.4 Å². The molecule has 1 aliphatic rings. The first kappa shape index (κ1) is 13.5. The first-order chi connectivity index (χ1) is 8.74. The molecule has 18 heavy (non-hydrogen) atoms. The molecule has 0 bridgehead atoms. The van der Waals surface area contributed by atoms with E-state index in [-0.39, 0.29) is 11.9 Å². The van der Waals surface area contributed by atoms with E-state index in [9.17, 15) is 4.79 Å². The van der Waals surface area contributed by atoms with Crippen molar-refractivity contribution in [3.05, 3.63) is 21.9 Å². The molecule has 0 saturated carbocycles. The van der Waals surface area contributed by atoms with Gasteiger partial charge in [-0.2, -0.15) is 0 Å². The van der Waals surface area contributed by atoms with Gasteiger partial charge in [0, 0.05) is 43.5 Å². The number of fused-ring (bicyclic) bond motifs is 1. The van der Waals surface area contributed by atoms with Crippen molar-refractivity contribution in [2.45, 2.75) is 32.4 Å². The van der Waals surface area contributed by atoms with Crippen LogP contribution >= 0.6 is 11.3 Å². The number of carbonyl (C=O) groups excluding carboxylic acids is 1. The predicted octanol–water partition coefficient (Wildman–Crippen LogP) is 0.960. The third-order valence-electron chi connectivity index (χ3n) is 3.42. The topological polar surface area (TPSA) is 58.4 Å². The van der Waals surface area contributed by atoms with E-state index < -0.39 is 0 Å². The maximum atomic E-state index is 11.7. The second kappa shape index (κ2) is 6.31. The van der Waals surface area contributed by atoms with Gasteiger partial charge >= 0.3 is 0 Å². The van der Waals surface area contributed by atoms with Crippen LogP contribution in [0.1, 0.15) is 23.8 Å². The normalized spacial score (nSPS) is 17.2. The third kappa shape index (κ3) is 3.10. The summed E-state index contributed by atoms with van der Waals surface area (Å²) in [5.41, 5.74) is 7.23. The Labute approximate surface area is 112 Å². The molecule has 2 heterocycles. The van der Waals surface area contributed by atoms with Gasteiger partial charge in [0.1, 0.15) is 0 Å². The molecule has 1 unspecified atom stereocenters. The van der Waals surface area contributed by atoms with Gasteiger partial charge in [0.15, 0.2) is 0 Å². The van der Waals surface area contributed by atoms with Crippen molar-refractivity contribution >= 4 is 17.2 Å². The summed E-state index contributed by atoms with van der Waals surface area (Å²) >= 11 is 1.83. The minimum Gasteiger partial charge on any atom is -0.356 e. The van der Waals surface area contributed by atoms with Crippen LogP contribution in [0.2, 0.25) is 0 Å². The molecule has 3 N–H and O–H groups in total. The third-order valence-corrected chi connectivity index (χ3v) is 4.44. The molecule has 1 aromatic heterocycles. The molecule has 1 amide bonds. The molecule has 0 spiro atoms. The summed E-state index contributed by atoms with van der Waals surface area (Å²) in [6, 6.07) is 2.34. The molecule has 1 aliphatic heterocycles. The highest BCUT2D eigenvalue weighted by molar-refractivity contribution is 7.10. The molecule has 0 aromatic carbocycles. The Kier molecular flexibility index (Phi) is 4.74. The lowest BCUT2D eigenvalue weighted by atomic mass is 10.0. The quantitative estimate of drug-likeness (QED) is 0.835. The monoisotopic (exact) mass is 267 g/mol. The lowest BCUT2D eigenvalue weighted by Gasteiger charge is -2.33. The highest BCUT2D eigenvalue weighted by Crippen LogP contribution is 2.25. The van der Waals surface area contributed by atoms with E-state index in [2.05, 4.69) is 21.7 Å². The number of nitrogens with zero attached hydrogens (tertiary/aromatic N) is 1. The van der Waals surface area contributed by atoms with E-state index in [1.165, 1.54) is 10.4 Å². The number of hydrogen-bond donors (Lipinski definition) is 2. The summed E-state index contributed by atoms with van der Waals surface area (Å²) in [7, 11) is 0. The van der Waals surface area contributed by atoms with Gasteiger partial charge in [0.2, 0.25) is 5.91 Å². The van der Waals surface area contributed by atoms with Crippen LogP contribution in [0.5, 0.6) is 0 Å². The summed E-state index contributed by atoms with van der Waals surface area (Å²) in [5.74, 6) is 0.101. The Morgan fingerprint density at radius 2 is 2.50 bits per heavy atom. The van der Waals surface area contributed by atoms with Crippen LogP contribution in [-0.2, 0) is 17.8 Å². The first-order valence-electron chi connectivity index (χ1n) is 6.50. The zero-order valence-electron chi connectivity index (χ0n) is 10.8. The number of rotatable bonds is 5. The van der Waals surface area contributed by atoms with Gasteiger partial charge in [-0.15, -0.1) is 11.3 Å². The van der Waals surface area contributed by atoms with Gasteiger partial charge in [-0.1, -0.05) is 0 Å². The number of nitrogens with two attached hydrogens (primary N) is 1. The highest BCUT2D eigenvalue weighted by Gasteiger charge is 2.24. The SMILES string of the molecule is CCNC(=O)CC(CN)N1CCc2sccc2C1. The summed E-state index contributed by atoms with van der Waals surface area (Å²) in [4.78, 5) is 15.5. The van der Waals surface area contributed by atoms with E-state index in [0.29, 0.717) is 19.5 Å². The lowest BCUT2D eigenvalue weighted by Crippen LogP contribution is -2.45. The average Bonchev–Trinajstić information content (AvgIpc) is 2.83. The number of amides is 1. The van der Waals surface area contributed by atoms with Crippen LogP contribution in [0.4, 0.5) is 0 Å². The Bertz CT molecular complexity index is 405. The molecule has 0 fully saturated rings. The smallest absolute Gasteiger partial charge is 0.221 e. The molecule has 5 heteroatoms. The van der Waals surface area contributed by atoms with Gasteiger partial charge < -0.3 is 11.1 Å². The van der Waals surface area contributed by atoms with Crippen molar-refractivity contribution in [1.82, 2.24) is 10.2 Å². The van der Waals surface area contributed by atoms with Gasteiger partial charge in [-0.25, -0.2) is 0 Å². The number of carbonyl (C=O) groups is 1. The fourth-order valence-electron chi connectivity index (χ4n) is 2.43. The molecule has 2 rings (SSSR count). The molecule has 0 saturated heterocycles. The van der Waals surface area contributed by atoms with Crippen LogP contribution < -0.4 is 11.1 Å². The maximum Gasteiger partial charge on any atom is 0.221 e. The molecular formula is C13H21N3OS. The minimum atomic E-state index is 0.101. The summed E-state index contributed by atoms with van der Waals surface area (Å²) in [6.07, 6.45) is 1.59. The molecular weight excluding hydrogens is 246 g/mol. The van der Waals surface area contributed by atoms with Gasteiger partial charge in [-0.05, 0) is 30.4 Å². The second-order valence-electron chi connectivity index (χ2n) is 4.64. The Hall–Kier alpha value is -0.910.